The maximum atomic E-state index is 12.0. The molecule has 4 nitrogen and oxygen atoms in total. The molecule has 0 radical (unpaired) electrons. The Balaban J connectivity index is 2.03. The minimum absolute atomic E-state index is 0.128. The second-order valence-electron chi connectivity index (χ2n) is 4.17. The Morgan fingerprint density at radius 1 is 1.00 bits per heavy atom. The Bertz CT molecular complexity index is 598. The Morgan fingerprint density at radius 2 is 1.60 bits per heavy atom. The summed E-state index contributed by atoms with van der Waals surface area (Å²) in [6, 6.07) is 13.4. The first-order chi connectivity index (χ1) is 9.59. The standard InChI is InChI=1S/C15H13ClN2O2/c16-12-7-3-1-5-10(12)14(19)9-18-15(20)11-6-2-4-8-13(11)17/h1-8H,9,17H2,(H,18,20). The number of rotatable bonds is 4. The van der Waals surface area contributed by atoms with Crippen molar-refractivity contribution in [3.8, 4) is 0 Å². The molecule has 2 rings (SSSR count). The molecule has 0 aliphatic heterocycles. The van der Waals surface area contributed by atoms with E-state index in [1.165, 1.54) is 0 Å². The monoisotopic (exact) mass is 288 g/mol. The molecule has 0 aliphatic rings. The number of anilines is 1. The van der Waals surface area contributed by atoms with E-state index in [0.717, 1.165) is 0 Å². The van der Waals surface area contributed by atoms with Crippen LogP contribution in [0, 0.1) is 0 Å². The van der Waals surface area contributed by atoms with Crippen molar-refractivity contribution < 1.29 is 9.59 Å². The van der Waals surface area contributed by atoms with Crippen molar-refractivity contribution in [2.75, 3.05) is 12.3 Å². The highest BCUT2D eigenvalue weighted by Crippen LogP contribution is 2.15. The van der Waals surface area contributed by atoms with Gasteiger partial charge in [0.2, 0.25) is 0 Å². The van der Waals surface area contributed by atoms with Gasteiger partial charge in [0.25, 0.3) is 5.91 Å². The molecule has 0 atom stereocenters. The van der Waals surface area contributed by atoms with Crippen LogP contribution in [0.3, 0.4) is 0 Å². The van der Waals surface area contributed by atoms with Gasteiger partial charge >= 0.3 is 0 Å². The second kappa shape index (κ2) is 6.21. The molecule has 20 heavy (non-hydrogen) atoms. The molecule has 0 saturated heterocycles. The molecule has 0 saturated carbocycles. The van der Waals surface area contributed by atoms with Gasteiger partial charge in [-0.3, -0.25) is 9.59 Å². The summed E-state index contributed by atoms with van der Waals surface area (Å²) in [6.45, 7) is -0.128. The highest BCUT2D eigenvalue weighted by Gasteiger charge is 2.13. The molecular formula is C15H13ClN2O2. The molecule has 102 valence electrons. The maximum absolute atomic E-state index is 12.0. The Morgan fingerprint density at radius 3 is 2.25 bits per heavy atom. The van der Waals surface area contributed by atoms with Gasteiger partial charge in [0, 0.05) is 11.3 Å². The molecule has 0 unspecified atom stereocenters. The van der Waals surface area contributed by atoms with Gasteiger partial charge in [0.1, 0.15) is 0 Å². The number of nitrogen functional groups attached to an aromatic ring is 1. The third kappa shape index (κ3) is 3.16. The lowest BCUT2D eigenvalue weighted by molar-refractivity contribution is 0.0904. The van der Waals surface area contributed by atoms with Crippen LogP contribution in [-0.4, -0.2) is 18.2 Å². The quantitative estimate of drug-likeness (QED) is 0.671. The molecule has 1 amide bonds. The number of Topliss-reactive ketones (excluding diaryl/α,β-unsaturated/α-hetero) is 1. The van der Waals surface area contributed by atoms with Crippen LogP contribution in [0.4, 0.5) is 5.69 Å². The first-order valence-corrected chi connectivity index (χ1v) is 6.38. The summed E-state index contributed by atoms with van der Waals surface area (Å²) in [5.74, 6) is -0.637. The van der Waals surface area contributed by atoms with Gasteiger partial charge < -0.3 is 11.1 Å². The first-order valence-electron chi connectivity index (χ1n) is 6.00. The van der Waals surface area contributed by atoms with E-state index in [-0.39, 0.29) is 18.2 Å². The Labute approximate surface area is 121 Å². The fourth-order valence-corrected chi connectivity index (χ4v) is 1.98. The van der Waals surface area contributed by atoms with Crippen LogP contribution in [0.5, 0.6) is 0 Å². The molecular weight excluding hydrogens is 276 g/mol. The van der Waals surface area contributed by atoms with E-state index in [0.29, 0.717) is 21.8 Å². The SMILES string of the molecule is Nc1ccccc1C(=O)NCC(=O)c1ccccc1Cl. The first kappa shape index (κ1) is 14.1. The minimum atomic E-state index is -0.386. The van der Waals surface area contributed by atoms with Crippen molar-refractivity contribution in [3.05, 3.63) is 64.7 Å². The van der Waals surface area contributed by atoms with E-state index in [1.807, 2.05) is 0 Å². The van der Waals surface area contributed by atoms with Crippen molar-refractivity contribution in [1.29, 1.82) is 0 Å². The molecule has 3 N–H and O–H groups in total. The number of benzene rings is 2. The van der Waals surface area contributed by atoms with Crippen LogP contribution in [-0.2, 0) is 0 Å². The highest BCUT2D eigenvalue weighted by molar-refractivity contribution is 6.34. The van der Waals surface area contributed by atoms with Crippen LogP contribution >= 0.6 is 11.6 Å². The number of ketones is 1. The summed E-state index contributed by atoms with van der Waals surface area (Å²) >= 11 is 5.92. The zero-order valence-electron chi connectivity index (χ0n) is 10.6. The van der Waals surface area contributed by atoms with Crippen LogP contribution in [0.15, 0.2) is 48.5 Å². The van der Waals surface area contributed by atoms with Crippen LogP contribution < -0.4 is 11.1 Å². The third-order valence-electron chi connectivity index (χ3n) is 2.79. The van der Waals surface area contributed by atoms with Crippen molar-refractivity contribution in [2.24, 2.45) is 0 Å². The molecule has 0 spiro atoms. The summed E-state index contributed by atoms with van der Waals surface area (Å²) in [5.41, 5.74) is 6.80. The summed E-state index contributed by atoms with van der Waals surface area (Å²) < 4.78 is 0. The molecule has 2 aromatic rings. The van der Waals surface area contributed by atoms with Crippen molar-refractivity contribution in [1.82, 2.24) is 5.32 Å². The van der Waals surface area contributed by atoms with Gasteiger partial charge in [0.15, 0.2) is 5.78 Å². The van der Waals surface area contributed by atoms with Gasteiger partial charge in [0.05, 0.1) is 17.1 Å². The average Bonchev–Trinajstić information content (AvgIpc) is 2.45. The van der Waals surface area contributed by atoms with E-state index in [2.05, 4.69) is 5.32 Å². The van der Waals surface area contributed by atoms with E-state index < -0.39 is 0 Å². The Kier molecular flexibility index (Phi) is 4.38. The summed E-state index contributed by atoms with van der Waals surface area (Å²) in [7, 11) is 0. The van der Waals surface area contributed by atoms with Gasteiger partial charge in [-0.05, 0) is 24.3 Å². The molecule has 0 heterocycles. The fourth-order valence-electron chi connectivity index (χ4n) is 1.74. The summed E-state index contributed by atoms with van der Waals surface area (Å²) in [6.07, 6.45) is 0. The van der Waals surface area contributed by atoms with E-state index >= 15 is 0 Å². The summed E-state index contributed by atoms with van der Waals surface area (Å²) in [5, 5.41) is 2.90. The number of para-hydroxylation sites is 1. The number of nitrogens with two attached hydrogens (primary N) is 1. The molecule has 0 fully saturated rings. The van der Waals surface area contributed by atoms with Gasteiger partial charge in [-0.15, -0.1) is 0 Å². The normalized spacial score (nSPS) is 10.1. The van der Waals surface area contributed by atoms with E-state index in [1.54, 1.807) is 48.5 Å². The van der Waals surface area contributed by atoms with E-state index in [4.69, 9.17) is 17.3 Å². The fraction of sp³-hybridized carbons (Fsp3) is 0.0667. The van der Waals surface area contributed by atoms with Gasteiger partial charge in [-0.2, -0.15) is 0 Å². The number of nitrogens with one attached hydrogen (secondary N) is 1. The predicted molar refractivity (Wildman–Crippen MR) is 79.0 cm³/mol. The van der Waals surface area contributed by atoms with Crippen LogP contribution in [0.1, 0.15) is 20.7 Å². The van der Waals surface area contributed by atoms with Crippen LogP contribution in [0.2, 0.25) is 5.02 Å². The number of amides is 1. The lowest BCUT2D eigenvalue weighted by atomic mass is 10.1. The van der Waals surface area contributed by atoms with E-state index in [9.17, 15) is 9.59 Å². The third-order valence-corrected chi connectivity index (χ3v) is 3.12. The zero-order chi connectivity index (χ0) is 14.5. The molecule has 0 aliphatic carbocycles. The number of halogens is 1. The molecule has 2 aromatic carbocycles. The van der Waals surface area contributed by atoms with Gasteiger partial charge in [-0.25, -0.2) is 0 Å². The van der Waals surface area contributed by atoms with Crippen molar-refractivity contribution in [3.63, 3.8) is 0 Å². The number of carbonyl (C=O) groups is 2. The number of hydrogen-bond donors (Lipinski definition) is 2. The predicted octanol–water partition coefficient (Wildman–Crippen LogP) is 2.53. The highest BCUT2D eigenvalue weighted by atomic mass is 35.5. The number of carbonyl (C=O) groups excluding carboxylic acids is 2. The average molecular weight is 289 g/mol. The molecule has 0 bridgehead atoms. The molecule has 5 heteroatoms. The summed E-state index contributed by atoms with van der Waals surface area (Å²) in [4.78, 5) is 23.9. The van der Waals surface area contributed by atoms with Crippen molar-refractivity contribution >= 4 is 29.0 Å². The number of hydrogen-bond acceptors (Lipinski definition) is 3. The molecule has 0 aromatic heterocycles. The van der Waals surface area contributed by atoms with Crippen LogP contribution in [0.25, 0.3) is 0 Å². The maximum Gasteiger partial charge on any atom is 0.253 e. The second-order valence-corrected chi connectivity index (χ2v) is 4.58. The smallest absolute Gasteiger partial charge is 0.253 e. The zero-order valence-corrected chi connectivity index (χ0v) is 11.4. The van der Waals surface area contributed by atoms with Crippen molar-refractivity contribution in [2.45, 2.75) is 0 Å². The topological polar surface area (TPSA) is 72.2 Å². The lowest BCUT2D eigenvalue weighted by Gasteiger charge is -2.07. The Hall–Kier alpha value is -2.33. The largest absolute Gasteiger partial charge is 0.398 e. The lowest BCUT2D eigenvalue weighted by Crippen LogP contribution is -2.30. The van der Waals surface area contributed by atoms with Gasteiger partial charge in [-0.1, -0.05) is 35.9 Å². The minimum Gasteiger partial charge on any atom is -0.398 e.